The SMILES string of the molecule is Cc1nc(N)cc(-c2nc(C3CC3)c3c(C4C5CNCC54C(C)(C)C)nn(C4CC4)c3c2F)c1C(F)(F)F. The van der Waals surface area contributed by atoms with Gasteiger partial charge >= 0.3 is 6.18 Å². The maximum Gasteiger partial charge on any atom is 0.418 e. The summed E-state index contributed by atoms with van der Waals surface area (Å²) in [5, 5.41) is 9.34. The van der Waals surface area contributed by atoms with Gasteiger partial charge < -0.3 is 11.1 Å². The van der Waals surface area contributed by atoms with E-state index in [1.165, 1.54) is 6.92 Å². The fourth-order valence-electron chi connectivity index (χ4n) is 7.34. The van der Waals surface area contributed by atoms with E-state index in [2.05, 4.69) is 31.1 Å². The van der Waals surface area contributed by atoms with Gasteiger partial charge in [-0.1, -0.05) is 20.8 Å². The third-order valence-electron chi connectivity index (χ3n) is 9.44. The summed E-state index contributed by atoms with van der Waals surface area (Å²) in [6.45, 7) is 9.76. The van der Waals surface area contributed by atoms with Crippen molar-refractivity contribution in [3.63, 3.8) is 0 Å². The van der Waals surface area contributed by atoms with Crippen LogP contribution in [0.5, 0.6) is 0 Å². The molecule has 0 aromatic carbocycles. The zero-order valence-corrected chi connectivity index (χ0v) is 22.0. The first-order valence-corrected chi connectivity index (χ1v) is 13.5. The number of alkyl halides is 3. The zero-order valence-electron chi connectivity index (χ0n) is 22.0. The number of halogens is 4. The summed E-state index contributed by atoms with van der Waals surface area (Å²) in [7, 11) is 0. The van der Waals surface area contributed by atoms with Gasteiger partial charge in [0.15, 0.2) is 5.82 Å². The molecule has 7 rings (SSSR count). The Balaban J connectivity index is 1.52. The average molecular weight is 529 g/mol. The summed E-state index contributed by atoms with van der Waals surface area (Å²) < 4.78 is 61.0. The molecular formula is C28H32F4N6. The van der Waals surface area contributed by atoms with Gasteiger partial charge in [-0.25, -0.2) is 14.4 Å². The van der Waals surface area contributed by atoms with Gasteiger partial charge in [-0.15, -0.1) is 0 Å². The summed E-state index contributed by atoms with van der Waals surface area (Å²) in [6.07, 6.45) is -1.22. The van der Waals surface area contributed by atoms with E-state index >= 15 is 4.39 Å². The minimum atomic E-state index is -4.73. The number of rotatable bonds is 4. The lowest BCUT2D eigenvalue weighted by Crippen LogP contribution is -2.31. The zero-order chi connectivity index (χ0) is 26.9. The van der Waals surface area contributed by atoms with Crippen LogP contribution in [-0.4, -0.2) is 32.8 Å². The van der Waals surface area contributed by atoms with Crippen molar-refractivity contribution in [3.05, 3.63) is 34.5 Å². The quantitative estimate of drug-likeness (QED) is 0.400. The molecular weight excluding hydrogens is 496 g/mol. The summed E-state index contributed by atoms with van der Waals surface area (Å²) in [5.74, 6) is -0.201. The molecule has 10 heteroatoms. The van der Waals surface area contributed by atoms with Crippen LogP contribution in [-0.2, 0) is 6.18 Å². The van der Waals surface area contributed by atoms with Crippen LogP contribution in [0, 0.1) is 29.5 Å². The van der Waals surface area contributed by atoms with E-state index in [9.17, 15) is 13.2 Å². The number of hydrogen-bond acceptors (Lipinski definition) is 5. The van der Waals surface area contributed by atoms with Gasteiger partial charge in [0.25, 0.3) is 0 Å². The number of hydrogen-bond donors (Lipinski definition) is 2. The minimum Gasteiger partial charge on any atom is -0.384 e. The Kier molecular flexibility index (Phi) is 4.77. The van der Waals surface area contributed by atoms with Gasteiger partial charge in [-0.3, -0.25) is 4.68 Å². The molecule has 3 aliphatic carbocycles. The number of aryl methyl sites for hydroxylation is 1. The number of aromatic nitrogens is 4. The summed E-state index contributed by atoms with van der Waals surface area (Å²) in [6, 6.07) is 1.16. The topological polar surface area (TPSA) is 81.7 Å². The Morgan fingerprint density at radius 2 is 1.79 bits per heavy atom. The van der Waals surface area contributed by atoms with E-state index in [0.717, 1.165) is 55.9 Å². The minimum absolute atomic E-state index is 0.0126. The van der Waals surface area contributed by atoms with Gasteiger partial charge in [-0.2, -0.15) is 18.3 Å². The Labute approximate surface area is 218 Å². The van der Waals surface area contributed by atoms with Crippen molar-refractivity contribution in [1.82, 2.24) is 25.1 Å². The number of nitrogen functional groups attached to an aromatic ring is 1. The molecule has 202 valence electrons. The number of nitrogens with one attached hydrogen (secondary N) is 1. The Morgan fingerprint density at radius 3 is 2.37 bits per heavy atom. The molecule has 4 fully saturated rings. The molecule has 3 aromatic rings. The molecule has 1 aliphatic heterocycles. The monoisotopic (exact) mass is 528 g/mol. The van der Waals surface area contributed by atoms with E-state index in [0.29, 0.717) is 17.1 Å². The van der Waals surface area contributed by atoms with Gasteiger partial charge in [0, 0.05) is 34.7 Å². The van der Waals surface area contributed by atoms with Gasteiger partial charge in [0.05, 0.1) is 28.7 Å². The number of pyridine rings is 2. The van der Waals surface area contributed by atoms with Crippen molar-refractivity contribution < 1.29 is 17.6 Å². The lowest BCUT2D eigenvalue weighted by atomic mass is 9.75. The molecule has 3 saturated carbocycles. The van der Waals surface area contributed by atoms with Crippen molar-refractivity contribution in [2.45, 2.75) is 77.4 Å². The molecule has 0 bridgehead atoms. The van der Waals surface area contributed by atoms with Crippen molar-refractivity contribution in [2.24, 2.45) is 16.7 Å². The van der Waals surface area contributed by atoms with Gasteiger partial charge in [0.1, 0.15) is 17.0 Å². The van der Waals surface area contributed by atoms with Crippen LogP contribution in [0.25, 0.3) is 22.2 Å². The van der Waals surface area contributed by atoms with E-state index < -0.39 is 17.6 Å². The fourth-order valence-corrected chi connectivity index (χ4v) is 7.34. The Morgan fingerprint density at radius 1 is 1.08 bits per heavy atom. The van der Waals surface area contributed by atoms with Crippen LogP contribution in [0.1, 0.15) is 87.0 Å². The molecule has 0 radical (unpaired) electrons. The Hall–Kier alpha value is -2.75. The smallest absolute Gasteiger partial charge is 0.384 e. The molecule has 6 nitrogen and oxygen atoms in total. The van der Waals surface area contributed by atoms with E-state index in [1.807, 2.05) is 0 Å². The molecule has 38 heavy (non-hydrogen) atoms. The lowest BCUT2D eigenvalue weighted by molar-refractivity contribution is -0.137. The molecule has 3 unspecified atom stereocenters. The highest BCUT2D eigenvalue weighted by molar-refractivity contribution is 5.91. The predicted molar refractivity (Wildman–Crippen MR) is 136 cm³/mol. The molecule has 3 N–H and O–H groups in total. The molecule has 4 aliphatic rings. The van der Waals surface area contributed by atoms with Crippen molar-refractivity contribution in [2.75, 3.05) is 18.8 Å². The molecule has 3 aromatic heterocycles. The molecule has 4 heterocycles. The number of nitrogens with two attached hydrogens (primary N) is 1. The van der Waals surface area contributed by atoms with Gasteiger partial charge in [-0.05, 0) is 56.6 Å². The average Bonchev–Trinajstić information content (AvgIpc) is 3.75. The second-order valence-electron chi connectivity index (χ2n) is 12.8. The standard InChI is InChI=1S/C28H32F4N6/c1-12-19(28(30,31)32)15(9-17(33)35-12)23-21(29)25-18(22(36-23)13-5-6-13)24(37-38(25)14-7-8-14)20-16-10-34-11-27(16,20)26(2,3)4/h9,13-14,16,20,34H,5-8,10-11H2,1-4H3,(H2,33,35). The molecule has 0 spiro atoms. The Bertz CT molecular complexity index is 1490. The second kappa shape index (κ2) is 7.46. The third kappa shape index (κ3) is 3.24. The number of piperidine rings is 1. The number of anilines is 1. The van der Waals surface area contributed by atoms with Crippen LogP contribution in [0.15, 0.2) is 6.07 Å². The maximum absolute atomic E-state index is 16.7. The highest BCUT2D eigenvalue weighted by atomic mass is 19.4. The normalized spacial score (nSPS) is 27.3. The first kappa shape index (κ1) is 24.3. The van der Waals surface area contributed by atoms with Crippen molar-refractivity contribution in [3.8, 4) is 11.3 Å². The van der Waals surface area contributed by atoms with E-state index in [-0.39, 0.29) is 51.5 Å². The summed E-state index contributed by atoms with van der Waals surface area (Å²) in [5.41, 5.74) is 5.83. The summed E-state index contributed by atoms with van der Waals surface area (Å²) >= 11 is 0. The van der Waals surface area contributed by atoms with E-state index in [4.69, 9.17) is 15.8 Å². The van der Waals surface area contributed by atoms with Crippen LogP contribution >= 0.6 is 0 Å². The highest BCUT2D eigenvalue weighted by Gasteiger charge is 2.73. The molecule has 3 atom stereocenters. The van der Waals surface area contributed by atoms with Crippen LogP contribution in [0.4, 0.5) is 23.4 Å². The summed E-state index contributed by atoms with van der Waals surface area (Å²) in [4.78, 5) is 8.53. The predicted octanol–water partition coefficient (Wildman–Crippen LogP) is 6.10. The fraction of sp³-hybridized carbons (Fsp3) is 0.607. The van der Waals surface area contributed by atoms with Gasteiger partial charge in [0.2, 0.25) is 0 Å². The van der Waals surface area contributed by atoms with Crippen molar-refractivity contribution in [1.29, 1.82) is 0 Å². The van der Waals surface area contributed by atoms with E-state index in [1.54, 1.807) is 4.68 Å². The molecule has 1 saturated heterocycles. The van der Waals surface area contributed by atoms with Crippen LogP contribution < -0.4 is 11.1 Å². The highest BCUT2D eigenvalue weighted by Crippen LogP contribution is 2.74. The largest absolute Gasteiger partial charge is 0.418 e. The second-order valence-corrected chi connectivity index (χ2v) is 12.8. The first-order valence-electron chi connectivity index (χ1n) is 13.5. The molecule has 0 amide bonds. The number of fused-ring (bicyclic) bond motifs is 2. The first-order chi connectivity index (χ1) is 17.8. The van der Waals surface area contributed by atoms with Crippen LogP contribution in [0.2, 0.25) is 0 Å². The number of nitrogens with zero attached hydrogens (tertiary/aromatic N) is 4. The van der Waals surface area contributed by atoms with Crippen molar-refractivity contribution >= 4 is 16.7 Å². The van der Waals surface area contributed by atoms with Crippen LogP contribution in [0.3, 0.4) is 0 Å². The lowest BCUT2D eigenvalue weighted by Gasteiger charge is -2.30. The maximum atomic E-state index is 16.7. The third-order valence-corrected chi connectivity index (χ3v) is 9.44.